The lowest BCUT2D eigenvalue weighted by molar-refractivity contribution is -0.138. The molecule has 0 amide bonds. The van der Waals surface area contributed by atoms with Gasteiger partial charge in [-0.2, -0.15) is 0 Å². The molecule has 0 saturated heterocycles. The monoisotopic (exact) mass is 682 g/mol. The zero-order valence-electron chi connectivity index (χ0n) is 26.1. The van der Waals surface area contributed by atoms with E-state index in [-0.39, 0.29) is 18.8 Å². The highest BCUT2D eigenvalue weighted by atomic mass is 35.5. The maximum atomic E-state index is 14.3. The van der Waals surface area contributed by atoms with Gasteiger partial charge in [0, 0.05) is 26.7 Å². The number of esters is 1. The third-order valence-corrected chi connectivity index (χ3v) is 9.47. The first-order valence-electron chi connectivity index (χ1n) is 15.3. The number of aromatic nitrogens is 1. The van der Waals surface area contributed by atoms with Crippen LogP contribution in [0.2, 0.25) is 10.0 Å². The van der Waals surface area contributed by atoms with Crippen molar-refractivity contribution in [1.82, 2.24) is 4.57 Å². The standard InChI is InChI=1S/C38H32Cl2N2O4S/c1-4-45-37(44)33-34(25-10-6-5-7-11-25)41-38-42(35(33)26-16-14-24(15-17-26)23(2)3)36(43)32(47-38)20-27-12-8-9-13-31(27)46-22-28-18-19-29(39)21-30(28)40/h5-21,23,35H,4,22H2,1-3H3/b32-20+/t35-/m1/s1. The number of para-hydroxylation sites is 1. The van der Waals surface area contributed by atoms with E-state index >= 15 is 0 Å². The topological polar surface area (TPSA) is 69.9 Å². The molecule has 0 aliphatic carbocycles. The number of carbonyl (C=O) groups excluding carboxylic acids is 1. The van der Waals surface area contributed by atoms with Crippen molar-refractivity contribution in [2.45, 2.75) is 39.3 Å². The van der Waals surface area contributed by atoms with Gasteiger partial charge in [-0.05, 0) is 48.2 Å². The van der Waals surface area contributed by atoms with Gasteiger partial charge < -0.3 is 9.47 Å². The summed E-state index contributed by atoms with van der Waals surface area (Å²) in [6.07, 6.45) is 1.80. The summed E-state index contributed by atoms with van der Waals surface area (Å²) in [5.74, 6) is 0.397. The zero-order valence-corrected chi connectivity index (χ0v) is 28.4. The Balaban J connectivity index is 1.51. The molecule has 2 heterocycles. The number of carbonyl (C=O) groups is 1. The van der Waals surface area contributed by atoms with Gasteiger partial charge in [0.05, 0.1) is 28.5 Å². The highest BCUT2D eigenvalue weighted by Gasteiger charge is 2.35. The van der Waals surface area contributed by atoms with Gasteiger partial charge in [-0.15, -0.1) is 0 Å². The van der Waals surface area contributed by atoms with Gasteiger partial charge in [0.15, 0.2) is 4.80 Å². The molecule has 0 radical (unpaired) electrons. The van der Waals surface area contributed by atoms with Gasteiger partial charge in [0.1, 0.15) is 12.4 Å². The normalized spacial score (nSPS) is 14.6. The fraction of sp³-hybridized carbons (Fsp3) is 0.184. The lowest BCUT2D eigenvalue weighted by Gasteiger charge is -2.26. The van der Waals surface area contributed by atoms with Crippen LogP contribution in [-0.4, -0.2) is 17.1 Å². The van der Waals surface area contributed by atoms with E-state index < -0.39 is 12.0 Å². The smallest absolute Gasteiger partial charge is 0.338 e. The Morgan fingerprint density at radius 3 is 2.40 bits per heavy atom. The van der Waals surface area contributed by atoms with Crippen LogP contribution in [0.15, 0.2) is 112 Å². The Labute approximate surface area is 286 Å². The lowest BCUT2D eigenvalue weighted by atomic mass is 9.91. The van der Waals surface area contributed by atoms with Gasteiger partial charge >= 0.3 is 5.97 Å². The van der Waals surface area contributed by atoms with Crippen LogP contribution in [-0.2, 0) is 16.1 Å². The zero-order chi connectivity index (χ0) is 33.1. The molecule has 9 heteroatoms. The molecular weight excluding hydrogens is 651 g/mol. The number of thiazole rings is 1. The third kappa shape index (κ3) is 6.84. The molecular formula is C38H32Cl2N2O4S. The van der Waals surface area contributed by atoms with Gasteiger partial charge in [-0.1, -0.05) is 127 Å². The van der Waals surface area contributed by atoms with Crippen LogP contribution in [0.3, 0.4) is 0 Å². The maximum absolute atomic E-state index is 14.3. The summed E-state index contributed by atoms with van der Waals surface area (Å²) in [4.78, 5) is 33.5. The van der Waals surface area contributed by atoms with Gasteiger partial charge in [0.25, 0.3) is 5.56 Å². The van der Waals surface area contributed by atoms with Gasteiger partial charge in [-0.25, -0.2) is 9.79 Å². The minimum Gasteiger partial charge on any atom is -0.488 e. The quantitative estimate of drug-likeness (QED) is 0.148. The van der Waals surface area contributed by atoms with E-state index in [0.29, 0.717) is 47.9 Å². The van der Waals surface area contributed by atoms with Crippen molar-refractivity contribution in [2.24, 2.45) is 4.99 Å². The highest BCUT2D eigenvalue weighted by Crippen LogP contribution is 2.36. The van der Waals surface area contributed by atoms with Crippen LogP contribution in [0.25, 0.3) is 11.8 Å². The van der Waals surface area contributed by atoms with Crippen LogP contribution in [0.1, 0.15) is 60.5 Å². The molecule has 0 saturated carbocycles. The molecule has 0 spiro atoms. The second kappa shape index (κ2) is 14.1. The van der Waals surface area contributed by atoms with Crippen molar-refractivity contribution in [3.05, 3.63) is 160 Å². The molecule has 47 heavy (non-hydrogen) atoms. The lowest BCUT2D eigenvalue weighted by Crippen LogP contribution is -2.40. The molecule has 5 aromatic rings. The number of hydrogen-bond acceptors (Lipinski definition) is 6. The van der Waals surface area contributed by atoms with Crippen molar-refractivity contribution < 1.29 is 14.3 Å². The van der Waals surface area contributed by atoms with Gasteiger partial charge in [0.2, 0.25) is 0 Å². The molecule has 6 nitrogen and oxygen atoms in total. The molecule has 0 fully saturated rings. The van der Waals surface area contributed by atoms with E-state index in [9.17, 15) is 9.59 Å². The van der Waals surface area contributed by atoms with E-state index in [4.69, 9.17) is 37.7 Å². The van der Waals surface area contributed by atoms with Crippen molar-refractivity contribution in [3.8, 4) is 5.75 Å². The molecule has 1 aromatic heterocycles. The molecule has 0 N–H and O–H groups in total. The SMILES string of the molecule is CCOC(=O)C1=C(c2ccccc2)N=c2s/c(=C/c3ccccc3OCc3ccc(Cl)cc3Cl)c(=O)n2[C@@H]1c1ccc(C(C)C)cc1. The van der Waals surface area contributed by atoms with E-state index in [1.165, 1.54) is 11.3 Å². The van der Waals surface area contributed by atoms with Crippen molar-refractivity contribution in [1.29, 1.82) is 0 Å². The second-order valence-corrected chi connectivity index (χ2v) is 13.2. The predicted molar refractivity (Wildman–Crippen MR) is 189 cm³/mol. The summed E-state index contributed by atoms with van der Waals surface area (Å²) in [7, 11) is 0. The summed E-state index contributed by atoms with van der Waals surface area (Å²) in [5, 5.41) is 1.06. The maximum Gasteiger partial charge on any atom is 0.338 e. The molecule has 0 unspecified atom stereocenters. The minimum absolute atomic E-state index is 0.186. The molecule has 1 aliphatic heterocycles. The average Bonchev–Trinajstić information content (AvgIpc) is 3.38. The van der Waals surface area contributed by atoms with Crippen LogP contribution in [0.4, 0.5) is 0 Å². The van der Waals surface area contributed by atoms with Crippen molar-refractivity contribution in [3.63, 3.8) is 0 Å². The van der Waals surface area contributed by atoms with E-state index in [1.807, 2.05) is 84.9 Å². The fourth-order valence-electron chi connectivity index (χ4n) is 5.49. The van der Waals surface area contributed by atoms with Crippen LogP contribution in [0, 0.1) is 0 Å². The van der Waals surface area contributed by atoms with Crippen molar-refractivity contribution >= 4 is 52.3 Å². The number of benzene rings is 4. The summed E-state index contributed by atoms with van der Waals surface area (Å²) in [6, 6.07) is 29.6. The predicted octanol–water partition coefficient (Wildman–Crippen LogP) is 7.94. The highest BCUT2D eigenvalue weighted by molar-refractivity contribution is 7.07. The number of fused-ring (bicyclic) bond motifs is 1. The number of halogens is 2. The third-order valence-electron chi connectivity index (χ3n) is 7.90. The fourth-order valence-corrected chi connectivity index (χ4v) is 6.94. The summed E-state index contributed by atoms with van der Waals surface area (Å²) in [6.45, 7) is 6.43. The first-order chi connectivity index (χ1) is 22.7. The van der Waals surface area contributed by atoms with E-state index in [1.54, 1.807) is 29.7 Å². The number of rotatable bonds is 9. The molecule has 238 valence electrons. The molecule has 4 aromatic carbocycles. The van der Waals surface area contributed by atoms with Crippen molar-refractivity contribution in [2.75, 3.05) is 6.61 Å². The minimum atomic E-state index is -0.748. The summed E-state index contributed by atoms with van der Waals surface area (Å²) >= 11 is 13.7. The Hall–Kier alpha value is -4.43. The molecule has 1 atom stereocenters. The Morgan fingerprint density at radius 2 is 1.70 bits per heavy atom. The number of hydrogen-bond donors (Lipinski definition) is 0. The van der Waals surface area contributed by atoms with E-state index in [0.717, 1.165) is 22.3 Å². The van der Waals surface area contributed by atoms with Crippen LogP contribution < -0.4 is 19.6 Å². The van der Waals surface area contributed by atoms with Crippen LogP contribution >= 0.6 is 34.5 Å². The summed E-state index contributed by atoms with van der Waals surface area (Å²) in [5.41, 5.74) is 4.74. The first kappa shape index (κ1) is 32.5. The van der Waals surface area contributed by atoms with Crippen LogP contribution in [0.5, 0.6) is 5.75 Å². The largest absolute Gasteiger partial charge is 0.488 e. The second-order valence-electron chi connectivity index (χ2n) is 11.3. The average molecular weight is 684 g/mol. The van der Waals surface area contributed by atoms with E-state index in [2.05, 4.69) is 13.8 Å². The Kier molecular flexibility index (Phi) is 9.78. The number of ether oxygens (including phenoxy) is 2. The Bertz CT molecular complexity index is 2150. The molecule has 6 rings (SSSR count). The Morgan fingerprint density at radius 1 is 0.979 bits per heavy atom. The molecule has 1 aliphatic rings. The summed E-state index contributed by atoms with van der Waals surface area (Å²) < 4.78 is 13.8. The van der Waals surface area contributed by atoms with Gasteiger partial charge in [-0.3, -0.25) is 9.36 Å². The number of nitrogens with zero attached hydrogens (tertiary/aromatic N) is 2. The molecule has 0 bridgehead atoms. The first-order valence-corrected chi connectivity index (χ1v) is 16.9.